The van der Waals surface area contributed by atoms with Crippen molar-refractivity contribution in [2.24, 2.45) is 5.73 Å². The van der Waals surface area contributed by atoms with Gasteiger partial charge in [0.05, 0.1) is 6.61 Å². The maximum absolute atomic E-state index is 11.3. The van der Waals surface area contributed by atoms with E-state index in [9.17, 15) is 9.90 Å². The summed E-state index contributed by atoms with van der Waals surface area (Å²) < 4.78 is 4.77. The normalized spacial score (nSPS) is 12.2. The summed E-state index contributed by atoms with van der Waals surface area (Å²) in [4.78, 5) is 11.3. The number of hydrogen-bond acceptors (Lipinski definition) is 4. The average molecular weight is 244 g/mol. The van der Waals surface area contributed by atoms with Gasteiger partial charge < -0.3 is 15.6 Å². The second-order valence-corrected chi connectivity index (χ2v) is 3.77. The molecule has 88 valence electrons. The molecule has 3 N–H and O–H groups in total. The number of benzene rings is 1. The van der Waals surface area contributed by atoms with Gasteiger partial charge >= 0.3 is 5.97 Å². The summed E-state index contributed by atoms with van der Waals surface area (Å²) in [5.74, 6) is -0.411. The van der Waals surface area contributed by atoms with Gasteiger partial charge in [-0.15, -0.1) is 0 Å². The maximum Gasteiger partial charge on any atom is 0.323 e. The first-order valence-corrected chi connectivity index (χ1v) is 5.32. The number of halogens is 1. The summed E-state index contributed by atoms with van der Waals surface area (Å²) in [6.45, 7) is 2.00. The Morgan fingerprint density at radius 2 is 2.31 bits per heavy atom. The van der Waals surface area contributed by atoms with Crippen LogP contribution in [-0.2, 0) is 16.0 Å². The van der Waals surface area contributed by atoms with E-state index in [1.807, 2.05) is 0 Å². The van der Waals surface area contributed by atoms with E-state index in [0.717, 1.165) is 0 Å². The molecule has 1 aromatic carbocycles. The Morgan fingerprint density at radius 3 is 2.94 bits per heavy atom. The predicted molar refractivity (Wildman–Crippen MR) is 61.4 cm³/mol. The van der Waals surface area contributed by atoms with E-state index in [1.165, 1.54) is 6.07 Å². The maximum atomic E-state index is 11.3. The Balaban J connectivity index is 2.72. The van der Waals surface area contributed by atoms with Crippen LogP contribution in [0.5, 0.6) is 5.75 Å². The molecule has 1 atom stereocenters. The van der Waals surface area contributed by atoms with Crippen LogP contribution in [0.4, 0.5) is 0 Å². The molecule has 1 aromatic rings. The standard InChI is InChI=1S/C11H14ClNO3/c1-2-16-11(15)9(13)6-7-5-8(12)3-4-10(7)14/h3-5,9,14H,2,6,13H2,1H3. The molecule has 0 aromatic heterocycles. The van der Waals surface area contributed by atoms with E-state index >= 15 is 0 Å². The van der Waals surface area contributed by atoms with Gasteiger partial charge in [0.2, 0.25) is 0 Å². The molecule has 0 fully saturated rings. The molecule has 0 aliphatic rings. The van der Waals surface area contributed by atoms with E-state index in [2.05, 4.69) is 0 Å². The number of esters is 1. The first kappa shape index (κ1) is 12.8. The van der Waals surface area contributed by atoms with Gasteiger partial charge in [-0.25, -0.2) is 0 Å². The SMILES string of the molecule is CCOC(=O)C(N)Cc1cc(Cl)ccc1O. The molecule has 0 saturated carbocycles. The summed E-state index contributed by atoms with van der Waals surface area (Å²) >= 11 is 5.77. The van der Waals surface area contributed by atoms with Crippen LogP contribution in [0.3, 0.4) is 0 Å². The lowest BCUT2D eigenvalue weighted by Crippen LogP contribution is -2.34. The van der Waals surface area contributed by atoms with Gasteiger partial charge in [-0.2, -0.15) is 0 Å². The summed E-state index contributed by atoms with van der Waals surface area (Å²) in [5.41, 5.74) is 6.16. The van der Waals surface area contributed by atoms with Crippen LogP contribution in [0.15, 0.2) is 18.2 Å². The lowest BCUT2D eigenvalue weighted by molar-refractivity contribution is -0.144. The van der Waals surface area contributed by atoms with Gasteiger partial charge in [-0.05, 0) is 30.7 Å². The van der Waals surface area contributed by atoms with Gasteiger partial charge in [0.15, 0.2) is 0 Å². The monoisotopic (exact) mass is 243 g/mol. The highest BCUT2D eigenvalue weighted by atomic mass is 35.5. The number of phenols is 1. The largest absolute Gasteiger partial charge is 0.508 e. The number of nitrogens with two attached hydrogens (primary N) is 1. The van der Waals surface area contributed by atoms with Crippen LogP contribution in [0.1, 0.15) is 12.5 Å². The second-order valence-electron chi connectivity index (χ2n) is 3.34. The van der Waals surface area contributed by atoms with Crippen LogP contribution < -0.4 is 5.73 Å². The zero-order valence-corrected chi connectivity index (χ0v) is 9.70. The van der Waals surface area contributed by atoms with E-state index < -0.39 is 12.0 Å². The highest BCUT2D eigenvalue weighted by molar-refractivity contribution is 6.30. The summed E-state index contributed by atoms with van der Waals surface area (Å²) in [5, 5.41) is 10.0. The number of rotatable bonds is 4. The lowest BCUT2D eigenvalue weighted by Gasteiger charge is -2.11. The Labute approximate surface area is 99.0 Å². The molecule has 1 rings (SSSR count). The highest BCUT2D eigenvalue weighted by Crippen LogP contribution is 2.22. The molecule has 0 spiro atoms. The minimum atomic E-state index is -0.788. The van der Waals surface area contributed by atoms with Crippen molar-refractivity contribution in [1.82, 2.24) is 0 Å². The Morgan fingerprint density at radius 1 is 1.62 bits per heavy atom. The molecule has 0 saturated heterocycles. The zero-order chi connectivity index (χ0) is 12.1. The summed E-state index contributed by atoms with van der Waals surface area (Å²) in [7, 11) is 0. The zero-order valence-electron chi connectivity index (χ0n) is 8.94. The fourth-order valence-corrected chi connectivity index (χ4v) is 1.48. The smallest absolute Gasteiger partial charge is 0.323 e. The van der Waals surface area contributed by atoms with E-state index in [1.54, 1.807) is 19.1 Å². The minimum absolute atomic E-state index is 0.0733. The van der Waals surface area contributed by atoms with Gasteiger partial charge in [-0.1, -0.05) is 11.6 Å². The third-order valence-corrected chi connectivity index (χ3v) is 2.31. The second kappa shape index (κ2) is 5.72. The third kappa shape index (κ3) is 3.40. The molecule has 0 aliphatic carbocycles. The highest BCUT2D eigenvalue weighted by Gasteiger charge is 2.16. The van der Waals surface area contributed by atoms with Crippen molar-refractivity contribution in [3.05, 3.63) is 28.8 Å². The molecule has 0 heterocycles. The van der Waals surface area contributed by atoms with E-state index in [0.29, 0.717) is 10.6 Å². The van der Waals surface area contributed by atoms with Gasteiger partial charge in [0.25, 0.3) is 0 Å². The molecule has 0 radical (unpaired) electrons. The van der Waals surface area contributed by atoms with Crippen LogP contribution in [0.25, 0.3) is 0 Å². The Kier molecular flexibility index (Phi) is 4.58. The van der Waals surface area contributed by atoms with Crippen molar-refractivity contribution < 1.29 is 14.6 Å². The van der Waals surface area contributed by atoms with Crippen molar-refractivity contribution in [2.45, 2.75) is 19.4 Å². The molecular formula is C11H14ClNO3. The molecule has 0 amide bonds. The summed E-state index contributed by atoms with van der Waals surface area (Å²) in [6.07, 6.45) is 0.200. The van der Waals surface area contributed by atoms with E-state index in [-0.39, 0.29) is 18.8 Å². The van der Waals surface area contributed by atoms with E-state index in [4.69, 9.17) is 22.1 Å². The van der Waals surface area contributed by atoms with Crippen molar-refractivity contribution in [2.75, 3.05) is 6.61 Å². The minimum Gasteiger partial charge on any atom is -0.508 e. The molecule has 5 heteroatoms. The molecule has 1 unspecified atom stereocenters. The topological polar surface area (TPSA) is 72.5 Å². The number of phenolic OH excluding ortho intramolecular Hbond substituents is 1. The van der Waals surface area contributed by atoms with Crippen LogP contribution in [0, 0.1) is 0 Å². The number of carbonyl (C=O) groups is 1. The fourth-order valence-electron chi connectivity index (χ4n) is 1.29. The van der Waals surface area contributed by atoms with Crippen LogP contribution in [0.2, 0.25) is 5.02 Å². The van der Waals surface area contributed by atoms with Crippen molar-refractivity contribution >= 4 is 17.6 Å². The molecule has 0 bridgehead atoms. The number of ether oxygens (including phenoxy) is 1. The first-order chi connectivity index (χ1) is 7.54. The Hall–Kier alpha value is -1.26. The number of hydrogen-bond donors (Lipinski definition) is 2. The predicted octanol–water partition coefficient (Wildman–Crippen LogP) is 1.48. The van der Waals surface area contributed by atoms with Crippen molar-refractivity contribution in [1.29, 1.82) is 0 Å². The molecule has 4 nitrogen and oxygen atoms in total. The quantitative estimate of drug-likeness (QED) is 0.786. The molecule has 0 aliphatic heterocycles. The summed E-state index contributed by atoms with van der Waals surface area (Å²) in [6, 6.07) is 3.83. The lowest BCUT2D eigenvalue weighted by atomic mass is 10.1. The fraction of sp³-hybridized carbons (Fsp3) is 0.364. The van der Waals surface area contributed by atoms with Crippen molar-refractivity contribution in [3.63, 3.8) is 0 Å². The van der Waals surface area contributed by atoms with Gasteiger partial charge in [-0.3, -0.25) is 4.79 Å². The van der Waals surface area contributed by atoms with Gasteiger partial charge in [0.1, 0.15) is 11.8 Å². The number of aromatic hydroxyl groups is 1. The van der Waals surface area contributed by atoms with Crippen LogP contribution in [-0.4, -0.2) is 23.7 Å². The van der Waals surface area contributed by atoms with Gasteiger partial charge in [0, 0.05) is 11.4 Å². The van der Waals surface area contributed by atoms with Crippen molar-refractivity contribution in [3.8, 4) is 5.75 Å². The average Bonchev–Trinajstić information content (AvgIpc) is 2.23. The molecular weight excluding hydrogens is 230 g/mol. The first-order valence-electron chi connectivity index (χ1n) is 4.94. The Bertz CT molecular complexity index is 381. The van der Waals surface area contributed by atoms with Crippen LogP contribution >= 0.6 is 11.6 Å². The molecule has 16 heavy (non-hydrogen) atoms. The third-order valence-electron chi connectivity index (χ3n) is 2.07. The number of carbonyl (C=O) groups excluding carboxylic acids is 1.